The van der Waals surface area contributed by atoms with Gasteiger partial charge in [0.25, 0.3) is 12.0 Å². The fourth-order valence-corrected chi connectivity index (χ4v) is 16.4. The number of hydrogen-bond acceptors (Lipinski definition) is 7. The van der Waals surface area contributed by atoms with Gasteiger partial charge < -0.3 is 14.0 Å². The van der Waals surface area contributed by atoms with Crippen molar-refractivity contribution >= 4 is 43.7 Å². The lowest BCUT2D eigenvalue weighted by Gasteiger charge is -2.54. The highest BCUT2D eigenvalue weighted by Gasteiger charge is 2.76. The average Bonchev–Trinajstić information content (AvgIpc) is 0.769. The molecule has 0 N–H and O–H groups in total. The van der Waals surface area contributed by atoms with Crippen molar-refractivity contribution in [1.29, 1.82) is 0 Å². The molecule has 4 aliphatic rings. The summed E-state index contributed by atoms with van der Waals surface area (Å²) >= 11 is 0. The van der Waals surface area contributed by atoms with E-state index >= 15 is 0 Å². The van der Waals surface area contributed by atoms with Crippen molar-refractivity contribution in [3.63, 3.8) is 0 Å². The molecule has 0 spiro atoms. The van der Waals surface area contributed by atoms with E-state index in [0.29, 0.717) is 12.8 Å². The van der Waals surface area contributed by atoms with E-state index in [9.17, 15) is 70.9 Å². The van der Waals surface area contributed by atoms with Crippen LogP contribution in [0.1, 0.15) is 118 Å². The summed E-state index contributed by atoms with van der Waals surface area (Å²) in [5.74, 6) is -10.9. The second-order valence-electron chi connectivity index (χ2n) is 26.0. The highest BCUT2D eigenvalue weighted by atomic mass is 32.2. The maximum Gasteiger partial charge on any atom is 0.438 e. The Balaban J connectivity index is 0.000000194. The molecular weight excluding hydrogens is 1220 g/mol. The number of ether oxygens (including phenoxy) is 2. The van der Waals surface area contributed by atoms with Crippen molar-refractivity contribution in [2.45, 2.75) is 183 Å². The maximum atomic E-state index is 13.6. The van der Waals surface area contributed by atoms with Crippen LogP contribution in [0.3, 0.4) is 0 Å². The molecule has 0 saturated heterocycles. The summed E-state index contributed by atoms with van der Waals surface area (Å²) in [6.45, 7) is 19.8. The van der Waals surface area contributed by atoms with Gasteiger partial charge in [-0.1, -0.05) is 135 Å². The number of halogens is 11. The molecule has 7 nitrogen and oxygen atoms in total. The summed E-state index contributed by atoms with van der Waals surface area (Å²) in [5.41, 5.74) is -3.27. The molecule has 0 amide bonds. The first-order chi connectivity index (χ1) is 40.4. The number of rotatable bonds is 13. The van der Waals surface area contributed by atoms with Gasteiger partial charge in [-0.05, 0) is 156 Å². The molecule has 0 heterocycles. The number of hydrogen-bond donors (Lipinski definition) is 0. The Kier molecular flexibility index (Phi) is 20.4. The van der Waals surface area contributed by atoms with Crippen molar-refractivity contribution in [1.82, 2.24) is 0 Å². The van der Waals surface area contributed by atoms with Crippen molar-refractivity contribution in [3.05, 3.63) is 174 Å². The zero-order chi connectivity index (χ0) is 65.4. The van der Waals surface area contributed by atoms with E-state index in [1.54, 1.807) is 12.1 Å². The predicted molar refractivity (Wildman–Crippen MR) is 317 cm³/mol. The largest absolute Gasteiger partial charge is 0.748 e. The molecule has 88 heavy (non-hydrogen) atoms. The summed E-state index contributed by atoms with van der Waals surface area (Å²) in [6, 6.07) is 53.3. The van der Waals surface area contributed by atoms with E-state index in [1.165, 1.54) is 43.5 Å². The predicted octanol–water partition coefficient (Wildman–Crippen LogP) is 17.8. The van der Waals surface area contributed by atoms with Crippen molar-refractivity contribution in [2.75, 3.05) is 5.75 Å². The molecule has 0 aliphatic heterocycles. The summed E-state index contributed by atoms with van der Waals surface area (Å²) in [4.78, 5) is 31.7. The fourth-order valence-electron chi connectivity index (χ4n) is 11.4. The first kappa shape index (κ1) is 69.6. The van der Waals surface area contributed by atoms with E-state index in [1.807, 2.05) is 0 Å². The fraction of sp³-hybridized carbons (Fsp3) is 0.433. The molecule has 6 aromatic rings. The number of carbonyl (C=O) groups is 2. The van der Waals surface area contributed by atoms with Gasteiger partial charge in [0.1, 0.15) is 11.5 Å². The van der Waals surface area contributed by atoms with Gasteiger partial charge in [-0.2, -0.15) is 39.5 Å². The number of ketones is 1. The highest BCUT2D eigenvalue weighted by Crippen LogP contribution is 2.60. The third kappa shape index (κ3) is 16.5. The molecule has 476 valence electrons. The van der Waals surface area contributed by atoms with Gasteiger partial charge in [-0.3, -0.25) is 9.59 Å². The molecule has 21 heteroatoms. The third-order valence-corrected chi connectivity index (χ3v) is 21.1. The van der Waals surface area contributed by atoms with Gasteiger partial charge in [0.05, 0.1) is 43.1 Å². The molecule has 0 radical (unpaired) electrons. The number of Topliss-reactive ketones (excluding diaryl/α,β-unsaturated/α-hetero) is 1. The molecule has 4 fully saturated rings. The van der Waals surface area contributed by atoms with E-state index in [2.05, 4.69) is 201 Å². The van der Waals surface area contributed by atoms with Crippen LogP contribution in [0.4, 0.5) is 48.3 Å². The summed E-state index contributed by atoms with van der Waals surface area (Å²) < 4.78 is 188. The van der Waals surface area contributed by atoms with E-state index in [-0.39, 0.29) is 70.8 Å². The molecule has 3 atom stereocenters. The molecule has 4 saturated carbocycles. The van der Waals surface area contributed by atoms with Crippen LogP contribution in [0.25, 0.3) is 0 Å². The summed E-state index contributed by atoms with van der Waals surface area (Å²) in [5, 5.41) is 0. The molecule has 4 bridgehead atoms. The average molecular weight is 1290 g/mol. The second kappa shape index (κ2) is 25.8. The van der Waals surface area contributed by atoms with Gasteiger partial charge in [0.2, 0.25) is 0 Å². The van der Waals surface area contributed by atoms with E-state index < -0.39 is 86.1 Å². The molecular formula is C67H72F11O7S3+. The number of alkyl halides is 11. The maximum absolute atomic E-state index is 13.6. The van der Waals surface area contributed by atoms with Gasteiger partial charge in [-0.15, -0.1) is 0 Å². The monoisotopic (exact) mass is 1290 g/mol. The first-order valence-electron chi connectivity index (χ1n) is 28.4. The number of carbonyl (C=O) groups excluding carboxylic acids is 2. The quantitative estimate of drug-likeness (QED) is 0.0490. The Morgan fingerprint density at radius 2 is 0.830 bits per heavy atom. The van der Waals surface area contributed by atoms with Crippen LogP contribution in [0, 0.1) is 23.2 Å². The van der Waals surface area contributed by atoms with Crippen LogP contribution >= 0.6 is 0 Å². The topological polar surface area (TPSA) is 110 Å². The second-order valence-corrected chi connectivity index (χ2v) is 31.4. The molecule has 4 aliphatic carbocycles. The van der Waals surface area contributed by atoms with Crippen LogP contribution in [0.15, 0.2) is 187 Å². The minimum absolute atomic E-state index is 0.0130. The van der Waals surface area contributed by atoms with E-state index in [4.69, 9.17) is 4.74 Å². The van der Waals surface area contributed by atoms with Crippen LogP contribution in [-0.4, -0.2) is 66.6 Å². The van der Waals surface area contributed by atoms with Crippen LogP contribution < -0.4 is 4.74 Å². The Hall–Kier alpha value is -5.90. The number of benzene rings is 6. The number of esters is 1. The lowest BCUT2D eigenvalue weighted by Crippen LogP contribution is -2.65. The van der Waals surface area contributed by atoms with Gasteiger partial charge in [0, 0.05) is 18.8 Å². The van der Waals surface area contributed by atoms with Crippen LogP contribution in [-0.2, 0) is 62.5 Å². The lowest BCUT2D eigenvalue weighted by molar-refractivity contribution is -0.364. The smallest absolute Gasteiger partial charge is 0.438 e. The Morgan fingerprint density at radius 3 is 1.11 bits per heavy atom. The van der Waals surface area contributed by atoms with E-state index in [0.717, 1.165) is 14.7 Å². The van der Waals surface area contributed by atoms with Gasteiger partial charge in [0.15, 0.2) is 29.4 Å². The van der Waals surface area contributed by atoms with Crippen LogP contribution in [0.5, 0.6) is 5.75 Å². The minimum atomic E-state index is -6.39. The molecule has 3 unspecified atom stereocenters. The van der Waals surface area contributed by atoms with Gasteiger partial charge in [-0.25, -0.2) is 17.2 Å². The minimum Gasteiger partial charge on any atom is -0.748 e. The lowest BCUT2D eigenvalue weighted by atomic mass is 9.49. The molecule has 10 rings (SSSR count). The zero-order valence-electron chi connectivity index (χ0n) is 50.3. The van der Waals surface area contributed by atoms with Crippen molar-refractivity contribution in [2.24, 2.45) is 23.2 Å². The summed E-state index contributed by atoms with van der Waals surface area (Å²) in [7, 11) is -6.70. The highest BCUT2D eigenvalue weighted by molar-refractivity contribution is 7.97. The Morgan fingerprint density at radius 1 is 0.511 bits per heavy atom. The van der Waals surface area contributed by atoms with Crippen molar-refractivity contribution in [3.8, 4) is 5.75 Å². The normalized spacial score (nSPS) is 19.5. The Bertz CT molecular complexity index is 3300. The molecule has 6 aromatic carbocycles. The van der Waals surface area contributed by atoms with Gasteiger partial charge >= 0.3 is 30.1 Å². The standard InChI is InChI=1S/C30H34F5OS.C22H23S.C15H16F6O6S/c1-27(2,3)20-8-14-23(15-9-20)37(24-16-10-21(11-17-24)28(4,5)6)25-18-12-22(13-19-25)36-26(29(7,31)32)30(33,34)35;1-22(2,3)18-14-16-21(17-15-18)23(19-10-6-4-7-11-19)20-12-8-5-9-13-20;16-14(17,18)13(15(19,20)21,6-28(24,25)26)27-11(23)12-3-7-1-8(4-12)10(22)9(2-7)5-12/h8-19,26H,1-7H3;4-17H,1-3H3;7-9H,1-6H2,(H,24,25,26)/q2*+1;/p-1. The van der Waals surface area contributed by atoms with Crippen LogP contribution in [0.2, 0.25) is 0 Å². The zero-order valence-corrected chi connectivity index (χ0v) is 52.8. The molecule has 0 aromatic heterocycles. The Labute approximate surface area is 513 Å². The SMILES string of the molecule is CC(C)(C)c1ccc([S+](c2ccc(OC(C(C)(F)F)C(F)(F)F)cc2)c2ccc(C(C)(C)C)cc2)cc1.CC(C)(C)c1ccc([S+](c2ccccc2)c2ccccc2)cc1.O=C1C2CC3CC1CC(C(=O)OC(CS(=O)(=O)[O-])(C(F)(F)F)C(F)(F)F)(C3)C2. The first-order valence-corrected chi connectivity index (χ1v) is 32.4. The third-order valence-electron chi connectivity index (χ3n) is 15.9. The van der Waals surface area contributed by atoms with Crippen molar-refractivity contribution < 1.29 is 80.3 Å². The summed E-state index contributed by atoms with van der Waals surface area (Å²) in [6.07, 6.45) is -20.9.